The molecule has 0 aromatic carbocycles. The van der Waals surface area contributed by atoms with Crippen molar-refractivity contribution in [3.63, 3.8) is 0 Å². The summed E-state index contributed by atoms with van der Waals surface area (Å²) in [6.07, 6.45) is 3.68. The topological polar surface area (TPSA) is 50.1 Å². The Kier molecular flexibility index (Phi) is 3.52. The maximum absolute atomic E-state index is 8.71. The highest BCUT2D eigenvalue weighted by Gasteiger charge is 2.09. The van der Waals surface area contributed by atoms with Gasteiger partial charge in [-0.25, -0.2) is 0 Å². The van der Waals surface area contributed by atoms with Crippen LogP contribution in [0.1, 0.15) is 20.8 Å². The minimum atomic E-state index is 0.125. The van der Waals surface area contributed by atoms with Crippen LogP contribution in [-0.4, -0.2) is 28.0 Å². The molecule has 2 N–H and O–H groups in total. The van der Waals surface area contributed by atoms with Crippen molar-refractivity contribution in [2.75, 3.05) is 18.5 Å². The fourth-order valence-corrected chi connectivity index (χ4v) is 1.05. The Bertz CT molecular complexity index is 275. The van der Waals surface area contributed by atoms with Gasteiger partial charge < -0.3 is 10.4 Å². The monoisotopic (exact) mass is 197 g/mol. The van der Waals surface area contributed by atoms with Gasteiger partial charge >= 0.3 is 0 Å². The molecule has 0 amide bonds. The van der Waals surface area contributed by atoms with Crippen LogP contribution in [0.2, 0.25) is 0 Å². The second kappa shape index (κ2) is 4.46. The first-order chi connectivity index (χ1) is 6.51. The Balaban J connectivity index is 2.44. The van der Waals surface area contributed by atoms with Crippen molar-refractivity contribution in [2.45, 2.75) is 27.3 Å². The van der Waals surface area contributed by atoms with E-state index in [1.54, 1.807) is 10.9 Å². The van der Waals surface area contributed by atoms with E-state index in [0.29, 0.717) is 6.54 Å². The summed E-state index contributed by atoms with van der Waals surface area (Å²) in [4.78, 5) is 0. The minimum absolute atomic E-state index is 0.125. The van der Waals surface area contributed by atoms with E-state index < -0.39 is 0 Å². The minimum Gasteiger partial charge on any atom is -0.394 e. The van der Waals surface area contributed by atoms with Crippen LogP contribution in [-0.2, 0) is 6.54 Å². The number of nitrogens with one attached hydrogen (secondary N) is 1. The third kappa shape index (κ3) is 3.79. The highest BCUT2D eigenvalue weighted by molar-refractivity contribution is 5.38. The van der Waals surface area contributed by atoms with E-state index in [1.165, 1.54) is 0 Å². The predicted molar refractivity (Wildman–Crippen MR) is 57.3 cm³/mol. The van der Waals surface area contributed by atoms with Crippen molar-refractivity contribution in [1.29, 1.82) is 0 Å². The van der Waals surface area contributed by atoms with Crippen molar-refractivity contribution in [3.8, 4) is 0 Å². The molecule has 0 atom stereocenters. The number of aliphatic hydroxyl groups excluding tert-OH is 1. The van der Waals surface area contributed by atoms with E-state index >= 15 is 0 Å². The number of hydrogen-bond donors (Lipinski definition) is 2. The standard InChI is InChI=1S/C10H19N3O/c1-10(2,3)8-11-9-6-12-13(7-9)4-5-14/h6-7,11,14H,4-5,8H2,1-3H3. The summed E-state index contributed by atoms with van der Waals surface area (Å²) in [7, 11) is 0. The van der Waals surface area contributed by atoms with E-state index in [1.807, 2.05) is 6.20 Å². The predicted octanol–water partition coefficient (Wildman–Crippen LogP) is 1.33. The molecular weight excluding hydrogens is 178 g/mol. The molecule has 0 aliphatic carbocycles. The number of anilines is 1. The van der Waals surface area contributed by atoms with Gasteiger partial charge in [-0.2, -0.15) is 5.10 Å². The third-order valence-corrected chi connectivity index (χ3v) is 1.79. The summed E-state index contributed by atoms with van der Waals surface area (Å²) in [6, 6.07) is 0. The Morgan fingerprint density at radius 3 is 2.79 bits per heavy atom. The van der Waals surface area contributed by atoms with Crippen LogP contribution in [0.25, 0.3) is 0 Å². The Morgan fingerprint density at radius 1 is 1.50 bits per heavy atom. The average Bonchev–Trinajstić information content (AvgIpc) is 2.49. The first-order valence-electron chi connectivity index (χ1n) is 4.88. The van der Waals surface area contributed by atoms with Gasteiger partial charge in [-0.05, 0) is 5.41 Å². The van der Waals surface area contributed by atoms with Crippen LogP contribution >= 0.6 is 0 Å². The molecule has 1 rings (SSSR count). The molecule has 1 aromatic rings. The summed E-state index contributed by atoms with van der Waals surface area (Å²) in [6.45, 7) is 8.13. The molecule has 4 nitrogen and oxygen atoms in total. The van der Waals surface area contributed by atoms with Gasteiger partial charge in [0.1, 0.15) is 0 Å². The zero-order valence-corrected chi connectivity index (χ0v) is 9.12. The normalized spacial score (nSPS) is 11.7. The van der Waals surface area contributed by atoms with Gasteiger partial charge in [-0.3, -0.25) is 4.68 Å². The van der Waals surface area contributed by atoms with Gasteiger partial charge in [-0.1, -0.05) is 20.8 Å². The van der Waals surface area contributed by atoms with Gasteiger partial charge in [0.25, 0.3) is 0 Å². The third-order valence-electron chi connectivity index (χ3n) is 1.79. The smallest absolute Gasteiger partial charge is 0.0726 e. The van der Waals surface area contributed by atoms with Gasteiger partial charge in [0.2, 0.25) is 0 Å². The van der Waals surface area contributed by atoms with E-state index in [0.717, 1.165) is 12.2 Å². The van der Waals surface area contributed by atoms with E-state index in [2.05, 4.69) is 31.2 Å². The molecule has 1 aromatic heterocycles. The van der Waals surface area contributed by atoms with E-state index in [9.17, 15) is 0 Å². The zero-order valence-electron chi connectivity index (χ0n) is 9.12. The maximum Gasteiger partial charge on any atom is 0.0726 e. The maximum atomic E-state index is 8.71. The molecule has 1 heterocycles. The van der Waals surface area contributed by atoms with Crippen LogP contribution in [0.15, 0.2) is 12.4 Å². The molecule has 0 aliphatic rings. The molecular formula is C10H19N3O. The van der Waals surface area contributed by atoms with Crippen molar-refractivity contribution >= 4 is 5.69 Å². The van der Waals surface area contributed by atoms with Crippen LogP contribution in [0.4, 0.5) is 5.69 Å². The summed E-state index contributed by atoms with van der Waals surface area (Å²) in [5, 5.41) is 16.1. The zero-order chi connectivity index (χ0) is 10.6. The van der Waals surface area contributed by atoms with Crippen LogP contribution in [0.5, 0.6) is 0 Å². The average molecular weight is 197 g/mol. The summed E-state index contributed by atoms with van der Waals surface area (Å²) >= 11 is 0. The van der Waals surface area contributed by atoms with Crippen molar-refractivity contribution in [2.24, 2.45) is 5.41 Å². The fourth-order valence-electron chi connectivity index (χ4n) is 1.05. The first kappa shape index (κ1) is 11.0. The lowest BCUT2D eigenvalue weighted by Gasteiger charge is -2.18. The van der Waals surface area contributed by atoms with Crippen molar-refractivity contribution in [1.82, 2.24) is 9.78 Å². The van der Waals surface area contributed by atoms with Gasteiger partial charge in [0, 0.05) is 12.7 Å². The molecule has 0 saturated heterocycles. The Morgan fingerprint density at radius 2 is 2.21 bits per heavy atom. The summed E-state index contributed by atoms with van der Waals surface area (Å²) in [5.41, 5.74) is 1.27. The Hall–Kier alpha value is -1.03. The quantitative estimate of drug-likeness (QED) is 0.765. The van der Waals surface area contributed by atoms with E-state index in [-0.39, 0.29) is 12.0 Å². The molecule has 0 aliphatic heterocycles. The highest BCUT2D eigenvalue weighted by atomic mass is 16.3. The molecule has 14 heavy (non-hydrogen) atoms. The SMILES string of the molecule is CC(C)(C)CNc1cnn(CCO)c1. The lowest BCUT2D eigenvalue weighted by Crippen LogP contribution is -2.18. The fraction of sp³-hybridized carbons (Fsp3) is 0.700. The summed E-state index contributed by atoms with van der Waals surface area (Å²) in [5.74, 6) is 0. The second-order valence-electron chi connectivity index (χ2n) is 4.63. The first-order valence-corrected chi connectivity index (χ1v) is 4.88. The number of aliphatic hydroxyl groups is 1. The molecule has 4 heteroatoms. The number of aromatic nitrogens is 2. The second-order valence-corrected chi connectivity index (χ2v) is 4.63. The van der Waals surface area contributed by atoms with E-state index in [4.69, 9.17) is 5.11 Å². The lowest BCUT2D eigenvalue weighted by molar-refractivity contribution is 0.269. The number of rotatable bonds is 4. The number of nitrogens with zero attached hydrogens (tertiary/aromatic N) is 2. The molecule has 0 fully saturated rings. The van der Waals surface area contributed by atoms with Crippen LogP contribution < -0.4 is 5.32 Å². The molecule has 0 unspecified atom stereocenters. The molecule has 0 radical (unpaired) electrons. The van der Waals surface area contributed by atoms with Crippen molar-refractivity contribution < 1.29 is 5.11 Å². The van der Waals surface area contributed by atoms with Gasteiger partial charge in [0.05, 0.1) is 25.0 Å². The van der Waals surface area contributed by atoms with Gasteiger partial charge in [-0.15, -0.1) is 0 Å². The Labute approximate surface area is 84.9 Å². The molecule has 0 saturated carbocycles. The van der Waals surface area contributed by atoms with Crippen LogP contribution in [0, 0.1) is 5.41 Å². The molecule has 0 spiro atoms. The highest BCUT2D eigenvalue weighted by Crippen LogP contribution is 2.14. The largest absolute Gasteiger partial charge is 0.394 e. The summed E-state index contributed by atoms with van der Waals surface area (Å²) < 4.78 is 1.73. The van der Waals surface area contributed by atoms with Gasteiger partial charge in [0.15, 0.2) is 0 Å². The van der Waals surface area contributed by atoms with Crippen molar-refractivity contribution in [3.05, 3.63) is 12.4 Å². The van der Waals surface area contributed by atoms with Crippen LogP contribution in [0.3, 0.4) is 0 Å². The number of hydrogen-bond acceptors (Lipinski definition) is 3. The lowest BCUT2D eigenvalue weighted by atomic mass is 9.97. The molecule has 0 bridgehead atoms. The molecule has 80 valence electrons.